The highest BCUT2D eigenvalue weighted by Gasteiger charge is 2.21. The summed E-state index contributed by atoms with van der Waals surface area (Å²) in [5.74, 6) is 0. The van der Waals surface area contributed by atoms with Gasteiger partial charge in [-0.3, -0.25) is 4.98 Å². The largest absolute Gasteiger partial charge is 0.256 e. The van der Waals surface area contributed by atoms with Gasteiger partial charge in [0.1, 0.15) is 0 Å². The van der Waals surface area contributed by atoms with Gasteiger partial charge < -0.3 is 0 Å². The molecule has 0 spiro atoms. The van der Waals surface area contributed by atoms with Crippen molar-refractivity contribution in [3.63, 3.8) is 0 Å². The number of sulfonamides is 1. The van der Waals surface area contributed by atoms with Crippen LogP contribution in [0.2, 0.25) is 0 Å². The number of pyridine rings is 1. The molecule has 0 N–H and O–H groups in total. The van der Waals surface area contributed by atoms with Gasteiger partial charge in [-0.25, -0.2) is 12.7 Å². The first-order valence-corrected chi connectivity index (χ1v) is 6.90. The number of rotatable bonds is 3. The highest BCUT2D eigenvalue weighted by molar-refractivity contribution is 7.89. The van der Waals surface area contributed by atoms with Crippen LogP contribution < -0.4 is 0 Å². The molecule has 0 aliphatic rings. The van der Waals surface area contributed by atoms with Crippen LogP contribution in [0.4, 0.5) is 0 Å². The minimum atomic E-state index is -3.46. The molecule has 0 fully saturated rings. The van der Waals surface area contributed by atoms with Gasteiger partial charge in [-0.05, 0) is 18.2 Å². The van der Waals surface area contributed by atoms with Crippen molar-refractivity contribution in [3.8, 4) is 11.3 Å². The molecule has 0 unspecified atom stereocenters. The van der Waals surface area contributed by atoms with Gasteiger partial charge in [-0.1, -0.05) is 24.3 Å². The Balaban J connectivity index is 2.65. The summed E-state index contributed by atoms with van der Waals surface area (Å²) < 4.78 is 25.7. The normalized spacial score (nSPS) is 11.7. The highest BCUT2D eigenvalue weighted by Crippen LogP contribution is 2.26. The van der Waals surface area contributed by atoms with E-state index in [4.69, 9.17) is 0 Å². The van der Waals surface area contributed by atoms with Crippen LogP contribution in [0.25, 0.3) is 11.3 Å². The van der Waals surface area contributed by atoms with Crippen molar-refractivity contribution in [2.24, 2.45) is 0 Å². The molecule has 0 aliphatic heterocycles. The average molecular weight is 262 g/mol. The van der Waals surface area contributed by atoms with Crippen molar-refractivity contribution in [1.82, 2.24) is 9.29 Å². The van der Waals surface area contributed by atoms with Crippen molar-refractivity contribution in [1.29, 1.82) is 0 Å². The predicted octanol–water partition coefficient (Wildman–Crippen LogP) is 2.00. The van der Waals surface area contributed by atoms with Crippen LogP contribution in [0.3, 0.4) is 0 Å². The summed E-state index contributed by atoms with van der Waals surface area (Å²) in [6, 6.07) is 12.3. The Morgan fingerprint density at radius 2 is 1.67 bits per heavy atom. The fourth-order valence-electron chi connectivity index (χ4n) is 1.62. The van der Waals surface area contributed by atoms with Crippen molar-refractivity contribution in [2.75, 3.05) is 14.1 Å². The summed E-state index contributed by atoms with van der Waals surface area (Å²) in [7, 11) is -0.426. The first kappa shape index (κ1) is 12.7. The maximum atomic E-state index is 12.2. The summed E-state index contributed by atoms with van der Waals surface area (Å²) in [5, 5.41) is 0. The number of nitrogens with zero attached hydrogens (tertiary/aromatic N) is 2. The summed E-state index contributed by atoms with van der Waals surface area (Å²) in [4.78, 5) is 4.47. The van der Waals surface area contributed by atoms with Gasteiger partial charge in [-0.2, -0.15) is 0 Å². The van der Waals surface area contributed by atoms with Crippen LogP contribution in [0.5, 0.6) is 0 Å². The lowest BCUT2D eigenvalue weighted by molar-refractivity contribution is 0.521. The minimum Gasteiger partial charge on any atom is -0.256 e. The van der Waals surface area contributed by atoms with E-state index < -0.39 is 10.0 Å². The second kappa shape index (κ2) is 4.88. The Hall–Kier alpha value is -1.72. The third-order valence-corrected chi connectivity index (χ3v) is 4.46. The maximum absolute atomic E-state index is 12.2. The van der Waals surface area contributed by atoms with Gasteiger partial charge >= 0.3 is 0 Å². The van der Waals surface area contributed by atoms with Crippen molar-refractivity contribution in [3.05, 3.63) is 48.7 Å². The molecule has 18 heavy (non-hydrogen) atoms. The summed E-state index contributed by atoms with van der Waals surface area (Å²) in [5.41, 5.74) is 1.27. The molecule has 0 saturated carbocycles. The van der Waals surface area contributed by atoms with Gasteiger partial charge in [0.15, 0.2) is 0 Å². The quantitative estimate of drug-likeness (QED) is 0.850. The molecule has 1 aromatic carbocycles. The number of benzene rings is 1. The minimum absolute atomic E-state index is 0.272. The Labute approximate surface area is 107 Å². The second-order valence-corrected chi connectivity index (χ2v) is 6.12. The van der Waals surface area contributed by atoms with Crippen LogP contribution in [0.1, 0.15) is 0 Å². The molecule has 0 atom stereocenters. The number of aromatic nitrogens is 1. The van der Waals surface area contributed by atoms with Crippen molar-refractivity contribution >= 4 is 10.0 Å². The molecule has 0 radical (unpaired) electrons. The maximum Gasteiger partial charge on any atom is 0.243 e. The van der Waals surface area contributed by atoms with Crippen LogP contribution in [0, 0.1) is 0 Å². The molecule has 0 amide bonds. The van der Waals surface area contributed by atoms with Gasteiger partial charge in [0.25, 0.3) is 0 Å². The Morgan fingerprint density at radius 3 is 2.28 bits per heavy atom. The first-order valence-electron chi connectivity index (χ1n) is 5.46. The molecular formula is C13H14N2O2S. The summed E-state index contributed by atoms with van der Waals surface area (Å²) in [6.07, 6.45) is 1.65. The lowest BCUT2D eigenvalue weighted by Gasteiger charge is -2.14. The molecule has 2 aromatic rings. The van der Waals surface area contributed by atoms with Gasteiger partial charge in [0.05, 0.1) is 10.6 Å². The van der Waals surface area contributed by atoms with E-state index >= 15 is 0 Å². The smallest absolute Gasteiger partial charge is 0.243 e. The Bertz CT molecular complexity index is 637. The molecule has 1 aromatic heterocycles. The molecule has 0 bridgehead atoms. The fraction of sp³-hybridized carbons (Fsp3) is 0.154. The van der Waals surface area contributed by atoms with E-state index in [0.717, 1.165) is 0 Å². The van der Waals surface area contributed by atoms with Crippen LogP contribution in [0.15, 0.2) is 53.6 Å². The Kier molecular flexibility index (Phi) is 3.45. The second-order valence-electron chi connectivity index (χ2n) is 4.00. The van der Waals surface area contributed by atoms with Gasteiger partial charge in [0.2, 0.25) is 10.0 Å². The topological polar surface area (TPSA) is 50.3 Å². The number of hydrogen-bond donors (Lipinski definition) is 0. The third kappa shape index (κ3) is 2.27. The molecule has 94 valence electrons. The molecule has 2 rings (SSSR count). The van der Waals surface area contributed by atoms with Crippen molar-refractivity contribution in [2.45, 2.75) is 4.90 Å². The first-order chi connectivity index (χ1) is 8.53. The third-order valence-electron chi connectivity index (χ3n) is 2.59. The Morgan fingerprint density at radius 1 is 1.00 bits per heavy atom. The van der Waals surface area contributed by atoms with Crippen LogP contribution >= 0.6 is 0 Å². The van der Waals surface area contributed by atoms with E-state index in [1.54, 1.807) is 42.6 Å². The molecule has 4 nitrogen and oxygen atoms in total. The summed E-state index contributed by atoms with van der Waals surface area (Å²) >= 11 is 0. The van der Waals surface area contributed by atoms with E-state index in [-0.39, 0.29) is 4.90 Å². The van der Waals surface area contributed by atoms with E-state index in [1.165, 1.54) is 18.4 Å². The molecule has 5 heteroatoms. The highest BCUT2D eigenvalue weighted by atomic mass is 32.2. The standard InChI is InChI=1S/C13H14N2O2S/c1-15(2)18(16,17)13-9-4-3-7-11(13)12-8-5-6-10-14-12/h3-10H,1-2H3. The molecule has 0 aliphatic carbocycles. The van der Waals surface area contributed by atoms with E-state index in [9.17, 15) is 8.42 Å². The zero-order chi connectivity index (χ0) is 13.2. The zero-order valence-electron chi connectivity index (χ0n) is 10.2. The summed E-state index contributed by atoms with van der Waals surface area (Å²) in [6.45, 7) is 0. The lowest BCUT2D eigenvalue weighted by atomic mass is 10.1. The SMILES string of the molecule is CN(C)S(=O)(=O)c1ccccc1-c1ccccn1. The van der Waals surface area contributed by atoms with E-state index in [2.05, 4.69) is 4.98 Å². The average Bonchev–Trinajstić information content (AvgIpc) is 2.39. The zero-order valence-corrected chi connectivity index (χ0v) is 11.1. The van der Waals surface area contributed by atoms with Gasteiger partial charge in [-0.15, -0.1) is 0 Å². The predicted molar refractivity (Wildman–Crippen MR) is 70.5 cm³/mol. The monoisotopic (exact) mass is 262 g/mol. The van der Waals surface area contributed by atoms with E-state index in [1.807, 2.05) is 6.07 Å². The molecule has 0 saturated heterocycles. The van der Waals surface area contributed by atoms with Crippen LogP contribution in [-0.4, -0.2) is 31.8 Å². The molecule has 1 heterocycles. The van der Waals surface area contributed by atoms with Gasteiger partial charge in [0, 0.05) is 25.9 Å². The lowest BCUT2D eigenvalue weighted by Crippen LogP contribution is -2.22. The fourth-order valence-corrected chi connectivity index (χ4v) is 2.72. The van der Waals surface area contributed by atoms with Crippen LogP contribution in [-0.2, 0) is 10.0 Å². The van der Waals surface area contributed by atoms with E-state index in [0.29, 0.717) is 11.3 Å². The van der Waals surface area contributed by atoms with Crippen molar-refractivity contribution < 1.29 is 8.42 Å². The number of hydrogen-bond acceptors (Lipinski definition) is 3. The molecular weight excluding hydrogens is 248 g/mol.